The number of hydrogen-bond donors (Lipinski definition) is 1. The average molecular weight is 368 g/mol. The highest BCUT2D eigenvalue weighted by molar-refractivity contribution is 9.10. The molecule has 1 saturated carbocycles. The zero-order valence-corrected chi connectivity index (χ0v) is 14.1. The number of hydrogen-bond acceptors (Lipinski definition) is 5. The number of tetrazole rings is 1. The van der Waals surface area contributed by atoms with Gasteiger partial charge in [-0.3, -0.25) is 0 Å². The minimum atomic E-state index is 0.461. The molecule has 7 heteroatoms. The number of benzene rings is 1. The van der Waals surface area contributed by atoms with E-state index in [1.165, 1.54) is 31.2 Å². The molecular formula is C14H18BrN5S. The van der Waals surface area contributed by atoms with Crippen LogP contribution in [0.15, 0.2) is 32.7 Å². The summed E-state index contributed by atoms with van der Waals surface area (Å²) in [5.74, 6) is 0. The Balaban J connectivity index is 1.77. The van der Waals surface area contributed by atoms with E-state index in [9.17, 15) is 0 Å². The maximum Gasteiger partial charge on any atom is 0.214 e. The third kappa shape index (κ3) is 3.46. The summed E-state index contributed by atoms with van der Waals surface area (Å²) in [4.78, 5) is 1.14. The van der Waals surface area contributed by atoms with Gasteiger partial charge < -0.3 is 5.73 Å². The largest absolute Gasteiger partial charge is 0.330 e. The Morgan fingerprint density at radius 3 is 2.86 bits per heavy atom. The predicted octanol–water partition coefficient (Wildman–Crippen LogP) is 3.20. The van der Waals surface area contributed by atoms with E-state index in [-0.39, 0.29) is 0 Å². The first-order valence-electron chi connectivity index (χ1n) is 7.22. The fourth-order valence-electron chi connectivity index (χ4n) is 2.69. The van der Waals surface area contributed by atoms with Gasteiger partial charge >= 0.3 is 0 Å². The number of rotatable bonds is 5. The number of nitrogens with zero attached hydrogens (tertiary/aromatic N) is 4. The van der Waals surface area contributed by atoms with Crippen molar-refractivity contribution in [1.29, 1.82) is 0 Å². The van der Waals surface area contributed by atoms with Crippen molar-refractivity contribution in [2.45, 2.75) is 48.2 Å². The van der Waals surface area contributed by atoms with Gasteiger partial charge in [-0.2, -0.15) is 0 Å². The molecule has 0 saturated heterocycles. The van der Waals surface area contributed by atoms with Crippen LogP contribution >= 0.6 is 27.7 Å². The smallest absolute Gasteiger partial charge is 0.214 e. The van der Waals surface area contributed by atoms with Crippen molar-refractivity contribution in [2.75, 3.05) is 6.54 Å². The Morgan fingerprint density at radius 1 is 1.33 bits per heavy atom. The molecule has 112 valence electrons. The number of aromatic nitrogens is 4. The average Bonchev–Trinajstić information content (AvgIpc) is 3.12. The minimum absolute atomic E-state index is 0.461. The molecule has 5 nitrogen and oxygen atoms in total. The third-order valence-electron chi connectivity index (χ3n) is 3.78. The molecule has 1 aliphatic carbocycles. The van der Waals surface area contributed by atoms with Gasteiger partial charge in [0.15, 0.2) is 0 Å². The quantitative estimate of drug-likeness (QED) is 0.878. The molecule has 2 aromatic rings. The summed E-state index contributed by atoms with van der Waals surface area (Å²) in [7, 11) is 0. The summed E-state index contributed by atoms with van der Waals surface area (Å²) in [5, 5.41) is 13.1. The first kappa shape index (κ1) is 15.0. The zero-order valence-electron chi connectivity index (χ0n) is 11.7. The first-order valence-corrected chi connectivity index (χ1v) is 8.83. The van der Waals surface area contributed by atoms with Crippen molar-refractivity contribution in [3.63, 3.8) is 0 Å². The van der Waals surface area contributed by atoms with Crippen molar-refractivity contribution < 1.29 is 0 Å². The molecule has 1 fully saturated rings. The van der Waals surface area contributed by atoms with Gasteiger partial charge in [0, 0.05) is 9.37 Å². The van der Waals surface area contributed by atoms with Gasteiger partial charge in [-0.15, -0.1) is 5.10 Å². The van der Waals surface area contributed by atoms with Crippen LogP contribution in [0.25, 0.3) is 0 Å². The molecule has 0 unspecified atom stereocenters. The Kier molecular flexibility index (Phi) is 4.92. The highest BCUT2D eigenvalue weighted by Crippen LogP contribution is 2.34. The minimum Gasteiger partial charge on any atom is -0.330 e. The van der Waals surface area contributed by atoms with E-state index >= 15 is 0 Å². The van der Waals surface area contributed by atoms with Crippen molar-refractivity contribution in [3.8, 4) is 0 Å². The second-order valence-electron chi connectivity index (χ2n) is 5.24. The summed E-state index contributed by atoms with van der Waals surface area (Å²) < 4.78 is 3.08. The van der Waals surface area contributed by atoms with Gasteiger partial charge in [-0.25, -0.2) is 4.68 Å². The molecule has 0 amide bonds. The summed E-state index contributed by atoms with van der Waals surface area (Å²) in [5.41, 5.74) is 6.84. The van der Waals surface area contributed by atoms with Crippen LogP contribution in [0.1, 0.15) is 37.3 Å². The number of nitrogens with two attached hydrogens (primary N) is 1. The molecule has 1 aromatic heterocycles. The van der Waals surface area contributed by atoms with Crippen molar-refractivity contribution in [2.24, 2.45) is 5.73 Å². The van der Waals surface area contributed by atoms with Gasteiger partial charge in [0.2, 0.25) is 5.16 Å². The number of halogens is 1. The summed E-state index contributed by atoms with van der Waals surface area (Å²) in [6, 6.07) is 6.79. The van der Waals surface area contributed by atoms with Crippen LogP contribution in [0.5, 0.6) is 0 Å². The standard InChI is InChI=1S/C14H18BrN5S/c15-13-9-12(6-5-10(13)7-8-16)21-14-17-18-19-20(14)11-3-1-2-4-11/h5-6,9,11H,1-4,7-8,16H2. The van der Waals surface area contributed by atoms with Gasteiger partial charge in [0.25, 0.3) is 0 Å². The SMILES string of the molecule is NCCc1ccc(Sc2nnnn2C2CCCC2)cc1Br. The molecule has 0 atom stereocenters. The van der Waals surface area contributed by atoms with E-state index < -0.39 is 0 Å². The van der Waals surface area contributed by atoms with Crippen molar-refractivity contribution in [3.05, 3.63) is 28.2 Å². The predicted molar refractivity (Wildman–Crippen MR) is 86.3 cm³/mol. The highest BCUT2D eigenvalue weighted by Gasteiger charge is 2.22. The molecule has 0 bridgehead atoms. The van der Waals surface area contributed by atoms with Crippen LogP contribution in [0.2, 0.25) is 0 Å². The summed E-state index contributed by atoms with van der Waals surface area (Å²) >= 11 is 5.22. The van der Waals surface area contributed by atoms with Crippen LogP contribution in [0, 0.1) is 0 Å². The third-order valence-corrected chi connectivity index (χ3v) is 5.46. The molecule has 3 rings (SSSR count). The van der Waals surface area contributed by atoms with Crippen LogP contribution in [0.3, 0.4) is 0 Å². The Bertz CT molecular complexity index is 609. The van der Waals surface area contributed by atoms with E-state index in [0.29, 0.717) is 12.6 Å². The van der Waals surface area contributed by atoms with Gasteiger partial charge in [-0.05, 0) is 65.7 Å². The lowest BCUT2D eigenvalue weighted by Crippen LogP contribution is -2.08. The molecular weight excluding hydrogens is 350 g/mol. The fourth-order valence-corrected chi connectivity index (χ4v) is 4.29. The second-order valence-corrected chi connectivity index (χ2v) is 7.13. The molecule has 1 aromatic carbocycles. The van der Waals surface area contributed by atoms with E-state index in [0.717, 1.165) is 20.9 Å². The van der Waals surface area contributed by atoms with E-state index in [1.807, 2.05) is 4.68 Å². The maximum absolute atomic E-state index is 5.61. The monoisotopic (exact) mass is 367 g/mol. The molecule has 2 N–H and O–H groups in total. The van der Waals surface area contributed by atoms with Crippen LogP contribution < -0.4 is 5.73 Å². The maximum atomic E-state index is 5.61. The summed E-state index contributed by atoms with van der Waals surface area (Å²) in [6.07, 6.45) is 5.78. The Morgan fingerprint density at radius 2 is 2.14 bits per heavy atom. The van der Waals surface area contributed by atoms with Crippen molar-refractivity contribution in [1.82, 2.24) is 20.2 Å². The Labute approximate surface area is 136 Å². The van der Waals surface area contributed by atoms with Gasteiger partial charge in [-0.1, -0.05) is 34.8 Å². The summed E-state index contributed by atoms with van der Waals surface area (Å²) in [6.45, 7) is 0.658. The molecule has 0 spiro atoms. The van der Waals surface area contributed by atoms with Crippen LogP contribution in [-0.4, -0.2) is 26.8 Å². The first-order chi connectivity index (χ1) is 10.3. The highest BCUT2D eigenvalue weighted by atomic mass is 79.9. The second kappa shape index (κ2) is 6.89. The van der Waals surface area contributed by atoms with E-state index in [2.05, 4.69) is 49.7 Å². The van der Waals surface area contributed by atoms with Gasteiger partial charge in [0.1, 0.15) is 0 Å². The van der Waals surface area contributed by atoms with Crippen molar-refractivity contribution >= 4 is 27.7 Å². The molecule has 21 heavy (non-hydrogen) atoms. The normalized spacial score (nSPS) is 15.7. The zero-order chi connectivity index (χ0) is 14.7. The lowest BCUT2D eigenvalue weighted by Gasteiger charge is -2.11. The van der Waals surface area contributed by atoms with Gasteiger partial charge in [0.05, 0.1) is 6.04 Å². The van der Waals surface area contributed by atoms with E-state index in [1.54, 1.807) is 11.8 Å². The lowest BCUT2D eigenvalue weighted by molar-refractivity contribution is 0.423. The molecule has 1 heterocycles. The molecule has 0 radical (unpaired) electrons. The topological polar surface area (TPSA) is 69.6 Å². The van der Waals surface area contributed by atoms with E-state index in [4.69, 9.17) is 5.73 Å². The lowest BCUT2D eigenvalue weighted by atomic mass is 10.1. The fraction of sp³-hybridized carbons (Fsp3) is 0.500. The molecule has 1 aliphatic rings. The molecule has 0 aliphatic heterocycles. The van der Waals surface area contributed by atoms with Crippen LogP contribution in [0.4, 0.5) is 0 Å². The van der Waals surface area contributed by atoms with Crippen LogP contribution in [-0.2, 0) is 6.42 Å². The Hall–Kier alpha value is -0.920.